The molecular weight excluding hydrogens is 269 g/mol. The summed E-state index contributed by atoms with van der Waals surface area (Å²) in [5, 5.41) is 17.8. The van der Waals surface area contributed by atoms with Gasteiger partial charge in [0.25, 0.3) is 0 Å². The Labute approximate surface area is 86.8 Å². The van der Waals surface area contributed by atoms with Crippen molar-refractivity contribution in [3.05, 3.63) is 17.7 Å². The van der Waals surface area contributed by atoms with Crippen LogP contribution in [0.4, 0.5) is 5.69 Å². The summed E-state index contributed by atoms with van der Waals surface area (Å²) in [4.78, 5) is 10.6. The Morgan fingerprint density at radius 3 is 2.27 bits per heavy atom. The third kappa shape index (κ3) is 2.33. The maximum atomic E-state index is 10.9. The molecule has 0 aliphatic carbocycles. The Balaban J connectivity index is 3.50. The van der Waals surface area contributed by atoms with Crippen molar-refractivity contribution in [3.8, 4) is 5.75 Å². The monoisotopic (exact) mass is 277 g/mol. The van der Waals surface area contributed by atoms with Crippen LogP contribution >= 0.6 is 0 Å². The molecule has 0 aliphatic rings. The van der Waals surface area contributed by atoms with E-state index in [1.54, 1.807) is 0 Å². The molecule has 7 nitrogen and oxygen atoms in total. The number of phenols is 1. The SMILES string of the molecule is Nc1cc([As](=O)(O)O)cc(C(=O)O)c1O. The fraction of sp³-hybridized carbons (Fsp3) is 0. The average molecular weight is 277 g/mol. The molecule has 0 spiro atoms. The van der Waals surface area contributed by atoms with Gasteiger partial charge in [-0.3, -0.25) is 0 Å². The van der Waals surface area contributed by atoms with Crippen molar-refractivity contribution in [1.82, 2.24) is 0 Å². The standard InChI is InChI=1S/C7H8AsNO6/c9-5-2-3(8(13,14)15)1-4(6(5)10)7(11)12/h1-2,10H,9H2,(H,11,12)(H2,13,14,15). The van der Waals surface area contributed by atoms with E-state index in [-0.39, 0.29) is 5.69 Å². The number of benzene rings is 1. The summed E-state index contributed by atoms with van der Waals surface area (Å²) < 4.78 is 28.1. The first-order chi connectivity index (χ1) is 6.73. The van der Waals surface area contributed by atoms with Crippen LogP contribution in [0, 0.1) is 0 Å². The van der Waals surface area contributed by atoms with Crippen LogP contribution in [0.15, 0.2) is 12.1 Å². The van der Waals surface area contributed by atoms with E-state index >= 15 is 0 Å². The van der Waals surface area contributed by atoms with Gasteiger partial charge in [-0.15, -0.1) is 0 Å². The van der Waals surface area contributed by atoms with Crippen molar-refractivity contribution in [2.75, 3.05) is 5.73 Å². The predicted octanol–water partition coefficient (Wildman–Crippen LogP) is -1.77. The van der Waals surface area contributed by atoms with Crippen molar-refractivity contribution in [2.24, 2.45) is 0 Å². The second-order valence-corrected chi connectivity index (χ2v) is 6.15. The van der Waals surface area contributed by atoms with Crippen molar-refractivity contribution in [3.63, 3.8) is 0 Å². The zero-order valence-electron chi connectivity index (χ0n) is 7.28. The van der Waals surface area contributed by atoms with E-state index in [4.69, 9.17) is 19.0 Å². The van der Waals surface area contributed by atoms with Crippen molar-refractivity contribution in [2.45, 2.75) is 0 Å². The molecule has 0 heterocycles. The van der Waals surface area contributed by atoms with Gasteiger partial charge in [0.15, 0.2) is 0 Å². The van der Waals surface area contributed by atoms with Gasteiger partial charge in [-0.2, -0.15) is 0 Å². The first-order valence-corrected chi connectivity index (χ1v) is 7.03. The fourth-order valence-corrected chi connectivity index (χ4v) is 2.24. The Bertz CT molecular complexity index is 465. The first-order valence-electron chi connectivity index (χ1n) is 3.65. The van der Waals surface area contributed by atoms with Crippen molar-refractivity contribution in [1.29, 1.82) is 0 Å². The number of aromatic carboxylic acids is 1. The van der Waals surface area contributed by atoms with Gasteiger partial charge < -0.3 is 0 Å². The molecule has 15 heavy (non-hydrogen) atoms. The van der Waals surface area contributed by atoms with E-state index in [1.807, 2.05) is 0 Å². The van der Waals surface area contributed by atoms with Gasteiger partial charge in [-0.05, 0) is 0 Å². The molecule has 1 rings (SSSR count). The van der Waals surface area contributed by atoms with Crippen molar-refractivity contribution >= 4 is 30.2 Å². The third-order valence-electron chi connectivity index (χ3n) is 1.69. The van der Waals surface area contributed by atoms with Gasteiger partial charge in [0.05, 0.1) is 0 Å². The first kappa shape index (κ1) is 11.6. The van der Waals surface area contributed by atoms with Gasteiger partial charge in [0.2, 0.25) is 0 Å². The summed E-state index contributed by atoms with van der Waals surface area (Å²) in [6.07, 6.45) is 0. The summed E-state index contributed by atoms with van der Waals surface area (Å²) in [5.74, 6) is -2.21. The van der Waals surface area contributed by atoms with Gasteiger partial charge in [-0.1, -0.05) is 0 Å². The normalized spacial score (nSPS) is 11.3. The van der Waals surface area contributed by atoms with Crippen LogP contribution < -0.4 is 10.1 Å². The number of rotatable bonds is 2. The van der Waals surface area contributed by atoms with Crippen LogP contribution in [-0.4, -0.2) is 38.5 Å². The third-order valence-corrected chi connectivity index (χ3v) is 3.64. The van der Waals surface area contributed by atoms with E-state index in [0.717, 1.165) is 6.07 Å². The molecule has 0 fully saturated rings. The summed E-state index contributed by atoms with van der Waals surface area (Å²) in [7, 11) is 0. The number of nitrogen functional groups attached to an aromatic ring is 1. The Morgan fingerprint density at radius 2 is 1.87 bits per heavy atom. The van der Waals surface area contributed by atoms with Gasteiger partial charge in [0, 0.05) is 0 Å². The predicted molar refractivity (Wildman–Crippen MR) is 50.0 cm³/mol. The maximum absolute atomic E-state index is 10.9. The van der Waals surface area contributed by atoms with Gasteiger partial charge >= 0.3 is 86.3 Å². The molecule has 0 bridgehead atoms. The van der Waals surface area contributed by atoms with Crippen LogP contribution in [0.25, 0.3) is 0 Å². The van der Waals surface area contributed by atoms with E-state index in [9.17, 15) is 13.6 Å². The van der Waals surface area contributed by atoms with Crippen LogP contribution in [-0.2, 0) is 3.74 Å². The fourth-order valence-electron chi connectivity index (χ4n) is 0.972. The van der Waals surface area contributed by atoms with Crippen LogP contribution in [0.1, 0.15) is 10.4 Å². The summed E-state index contributed by atoms with van der Waals surface area (Å²) in [6, 6.07) is 1.58. The molecule has 0 unspecified atom stereocenters. The number of hydrogen-bond acceptors (Lipinski definition) is 4. The summed E-state index contributed by atoms with van der Waals surface area (Å²) in [6.45, 7) is 0. The van der Waals surface area contributed by atoms with Crippen LogP contribution in [0.2, 0.25) is 0 Å². The second-order valence-electron chi connectivity index (χ2n) is 2.78. The number of anilines is 1. The number of nitrogens with two attached hydrogens (primary N) is 1. The molecule has 82 valence electrons. The number of carboxylic acid groups (broad SMARTS) is 1. The Morgan fingerprint density at radius 1 is 1.33 bits per heavy atom. The molecule has 1 aromatic carbocycles. The molecule has 0 atom stereocenters. The number of carbonyl (C=O) groups is 1. The average Bonchev–Trinajstić information content (AvgIpc) is 2.06. The zero-order valence-corrected chi connectivity index (χ0v) is 9.16. The zero-order chi connectivity index (χ0) is 11.8. The van der Waals surface area contributed by atoms with Gasteiger partial charge in [-0.25, -0.2) is 0 Å². The molecule has 0 amide bonds. The molecule has 0 radical (unpaired) electrons. The van der Waals surface area contributed by atoms with Crippen molar-refractivity contribution < 1.29 is 26.9 Å². The molecule has 0 saturated carbocycles. The topological polar surface area (TPSA) is 141 Å². The quantitative estimate of drug-likeness (QED) is 0.245. The van der Waals surface area contributed by atoms with E-state index in [1.165, 1.54) is 0 Å². The number of aromatic hydroxyl groups is 1. The molecule has 6 N–H and O–H groups in total. The molecule has 0 aliphatic heterocycles. The molecule has 0 saturated heterocycles. The Kier molecular flexibility index (Phi) is 2.81. The Hall–Kier alpha value is -1.43. The van der Waals surface area contributed by atoms with Gasteiger partial charge in [0.1, 0.15) is 0 Å². The van der Waals surface area contributed by atoms with E-state index in [2.05, 4.69) is 0 Å². The molecule has 1 aromatic rings. The summed E-state index contributed by atoms with van der Waals surface area (Å²) in [5.41, 5.74) is 4.20. The molecule has 0 aromatic heterocycles. The summed E-state index contributed by atoms with van der Waals surface area (Å²) >= 11 is -5.21. The van der Waals surface area contributed by atoms with E-state index in [0.29, 0.717) is 6.07 Å². The molecular formula is C7H8AsNO6. The second kappa shape index (κ2) is 3.62. The molecule has 8 heteroatoms. The van der Waals surface area contributed by atoms with Crippen LogP contribution in [0.5, 0.6) is 5.75 Å². The van der Waals surface area contributed by atoms with Crippen LogP contribution in [0.3, 0.4) is 0 Å². The minimum atomic E-state index is -5.21. The van der Waals surface area contributed by atoms with E-state index < -0.39 is 35.8 Å². The minimum absolute atomic E-state index is 0.380. The number of carboxylic acids is 1. The number of hydrogen-bond donors (Lipinski definition) is 5.